The maximum absolute atomic E-state index is 12.4. The van der Waals surface area contributed by atoms with E-state index in [-0.39, 0.29) is 5.91 Å². The Kier molecular flexibility index (Phi) is 5.84. The molecule has 0 aliphatic heterocycles. The molecule has 7 heteroatoms. The Hall–Kier alpha value is -3.61. The summed E-state index contributed by atoms with van der Waals surface area (Å²) in [7, 11) is 1.52. The Balaban J connectivity index is 1.64. The van der Waals surface area contributed by atoms with Crippen LogP contribution >= 0.6 is 0 Å². The number of carbonyl (C=O) groups is 1. The highest BCUT2D eigenvalue weighted by Crippen LogP contribution is 2.20. The van der Waals surface area contributed by atoms with Crippen molar-refractivity contribution in [2.75, 3.05) is 24.4 Å². The van der Waals surface area contributed by atoms with Crippen LogP contribution in [-0.4, -0.2) is 29.8 Å². The summed E-state index contributed by atoms with van der Waals surface area (Å²) in [6, 6.07) is 17.9. The number of nitrogens with one attached hydrogen (secondary N) is 2. The fourth-order valence-corrected chi connectivity index (χ4v) is 2.43. The molecule has 0 bridgehead atoms. The van der Waals surface area contributed by atoms with Crippen LogP contribution in [0.3, 0.4) is 0 Å². The monoisotopic (exact) mass is 364 g/mol. The molecule has 138 valence electrons. The first-order valence-electron chi connectivity index (χ1n) is 8.47. The lowest BCUT2D eigenvalue weighted by Gasteiger charge is -2.09. The molecule has 2 aromatic carbocycles. The summed E-state index contributed by atoms with van der Waals surface area (Å²) in [4.78, 5) is 12.4. The largest absolute Gasteiger partial charge is 0.496 e. The number of hydrogen-bond donors (Lipinski definition) is 2. The topological polar surface area (TPSA) is 85.4 Å². The lowest BCUT2D eigenvalue weighted by Crippen LogP contribution is -2.14. The molecule has 0 aliphatic carbocycles. The smallest absolute Gasteiger partial charge is 0.260 e. The molecule has 1 aromatic heterocycles. The quantitative estimate of drug-likeness (QED) is 0.662. The van der Waals surface area contributed by atoms with Gasteiger partial charge >= 0.3 is 0 Å². The lowest BCUT2D eigenvalue weighted by molar-refractivity contribution is 0.102. The number of nitrogens with zero attached hydrogens (tertiary/aromatic N) is 2. The number of aromatic nitrogens is 2. The average Bonchev–Trinajstić information content (AvgIpc) is 2.71. The molecule has 0 saturated carbocycles. The summed E-state index contributed by atoms with van der Waals surface area (Å²) in [6.07, 6.45) is 0. The molecule has 27 heavy (non-hydrogen) atoms. The minimum atomic E-state index is -0.311. The number of hydrogen-bond acceptors (Lipinski definition) is 6. The summed E-state index contributed by atoms with van der Waals surface area (Å²) in [5.41, 5.74) is 1.29. The van der Waals surface area contributed by atoms with Crippen LogP contribution in [0, 0.1) is 0 Å². The zero-order valence-electron chi connectivity index (χ0n) is 15.1. The van der Waals surface area contributed by atoms with Crippen molar-refractivity contribution >= 4 is 23.2 Å². The molecule has 0 saturated heterocycles. The van der Waals surface area contributed by atoms with Gasteiger partial charge < -0.3 is 20.1 Å². The van der Waals surface area contributed by atoms with Crippen molar-refractivity contribution in [1.29, 1.82) is 0 Å². The molecule has 3 rings (SSSR count). The van der Waals surface area contributed by atoms with Gasteiger partial charge in [0.2, 0.25) is 0 Å². The first kappa shape index (κ1) is 18.2. The standard InChI is InChI=1S/C20H20N4O3/c1-3-27-15-10-8-14(9-11-15)21-18-12-13-19(24-23-18)22-20(25)16-6-4-5-7-17(16)26-2/h4-13H,3H2,1-2H3,(H,21,23)(H,22,24,25). The number of rotatable bonds is 7. The molecule has 0 aliphatic rings. The molecule has 0 spiro atoms. The second kappa shape index (κ2) is 8.66. The SMILES string of the molecule is CCOc1ccc(Nc2ccc(NC(=O)c3ccccc3OC)nn2)cc1. The average molecular weight is 364 g/mol. The van der Waals surface area contributed by atoms with E-state index < -0.39 is 0 Å². The molecule has 2 N–H and O–H groups in total. The van der Waals surface area contributed by atoms with Gasteiger partial charge in [-0.25, -0.2) is 0 Å². The van der Waals surface area contributed by atoms with Crippen molar-refractivity contribution in [3.8, 4) is 11.5 Å². The van der Waals surface area contributed by atoms with E-state index in [2.05, 4.69) is 20.8 Å². The maximum Gasteiger partial charge on any atom is 0.260 e. The normalized spacial score (nSPS) is 10.1. The molecule has 0 fully saturated rings. The van der Waals surface area contributed by atoms with E-state index in [0.717, 1.165) is 11.4 Å². The minimum absolute atomic E-state index is 0.311. The fraction of sp³-hybridized carbons (Fsp3) is 0.150. The van der Waals surface area contributed by atoms with Gasteiger partial charge in [0.25, 0.3) is 5.91 Å². The van der Waals surface area contributed by atoms with Crippen molar-refractivity contribution in [2.45, 2.75) is 6.92 Å². The highest BCUT2D eigenvalue weighted by Gasteiger charge is 2.12. The third-order valence-electron chi connectivity index (χ3n) is 3.70. The molecule has 1 amide bonds. The van der Waals surface area contributed by atoms with Crippen molar-refractivity contribution in [1.82, 2.24) is 10.2 Å². The Labute approximate surface area is 157 Å². The number of ether oxygens (including phenoxy) is 2. The van der Waals surface area contributed by atoms with Crippen LogP contribution in [0.2, 0.25) is 0 Å². The molecular weight excluding hydrogens is 344 g/mol. The van der Waals surface area contributed by atoms with Gasteiger partial charge in [-0.15, -0.1) is 10.2 Å². The van der Waals surface area contributed by atoms with E-state index in [1.165, 1.54) is 7.11 Å². The van der Waals surface area contributed by atoms with Gasteiger partial charge in [0.15, 0.2) is 11.6 Å². The Morgan fingerprint density at radius 2 is 1.67 bits per heavy atom. The van der Waals surface area contributed by atoms with Gasteiger partial charge in [-0.2, -0.15) is 0 Å². The van der Waals surface area contributed by atoms with E-state index in [1.807, 2.05) is 31.2 Å². The van der Waals surface area contributed by atoms with Crippen molar-refractivity contribution < 1.29 is 14.3 Å². The summed E-state index contributed by atoms with van der Waals surface area (Å²) in [6.45, 7) is 2.57. The lowest BCUT2D eigenvalue weighted by atomic mass is 10.2. The molecule has 0 radical (unpaired) electrons. The van der Waals surface area contributed by atoms with E-state index in [1.54, 1.807) is 36.4 Å². The summed E-state index contributed by atoms with van der Waals surface area (Å²) >= 11 is 0. The Morgan fingerprint density at radius 3 is 2.33 bits per heavy atom. The van der Waals surface area contributed by atoms with Gasteiger partial charge in [0, 0.05) is 5.69 Å². The number of para-hydroxylation sites is 1. The molecule has 0 unspecified atom stereocenters. The highest BCUT2D eigenvalue weighted by atomic mass is 16.5. The van der Waals surface area contributed by atoms with Crippen LogP contribution in [-0.2, 0) is 0 Å². The predicted octanol–water partition coefficient (Wildman–Crippen LogP) is 3.88. The molecule has 3 aromatic rings. The van der Waals surface area contributed by atoms with Gasteiger partial charge in [0.1, 0.15) is 11.5 Å². The highest BCUT2D eigenvalue weighted by molar-refractivity contribution is 6.05. The van der Waals surface area contributed by atoms with Crippen LogP contribution in [0.5, 0.6) is 11.5 Å². The fourth-order valence-electron chi connectivity index (χ4n) is 2.43. The van der Waals surface area contributed by atoms with E-state index >= 15 is 0 Å². The van der Waals surface area contributed by atoms with Crippen molar-refractivity contribution in [2.24, 2.45) is 0 Å². The third kappa shape index (κ3) is 4.72. The van der Waals surface area contributed by atoms with Crippen molar-refractivity contribution in [3.05, 3.63) is 66.2 Å². The zero-order valence-corrected chi connectivity index (χ0v) is 15.1. The zero-order chi connectivity index (χ0) is 19.1. The summed E-state index contributed by atoms with van der Waals surface area (Å²) in [5, 5.41) is 14.0. The predicted molar refractivity (Wildman–Crippen MR) is 104 cm³/mol. The van der Waals surface area contributed by atoms with Crippen LogP contribution in [0.4, 0.5) is 17.3 Å². The van der Waals surface area contributed by atoms with Crippen molar-refractivity contribution in [3.63, 3.8) is 0 Å². The molecular formula is C20H20N4O3. The number of anilines is 3. The summed E-state index contributed by atoms with van der Waals surface area (Å²) in [5.74, 6) is 1.91. The second-order valence-corrected chi connectivity index (χ2v) is 5.54. The molecule has 1 heterocycles. The first-order valence-corrected chi connectivity index (χ1v) is 8.47. The Bertz CT molecular complexity index is 896. The molecule has 0 atom stereocenters. The van der Waals surface area contributed by atoms with Gasteiger partial charge in [0.05, 0.1) is 19.3 Å². The first-order chi connectivity index (χ1) is 13.2. The number of methoxy groups -OCH3 is 1. The Morgan fingerprint density at radius 1 is 0.963 bits per heavy atom. The second-order valence-electron chi connectivity index (χ2n) is 5.54. The van der Waals surface area contributed by atoms with Crippen LogP contribution in [0.25, 0.3) is 0 Å². The third-order valence-corrected chi connectivity index (χ3v) is 3.70. The van der Waals surface area contributed by atoms with Crippen LogP contribution in [0.1, 0.15) is 17.3 Å². The van der Waals surface area contributed by atoms with Gasteiger partial charge in [-0.1, -0.05) is 12.1 Å². The van der Waals surface area contributed by atoms with Gasteiger partial charge in [-0.05, 0) is 55.5 Å². The molecule has 7 nitrogen and oxygen atoms in total. The van der Waals surface area contributed by atoms with E-state index in [4.69, 9.17) is 9.47 Å². The van der Waals surface area contributed by atoms with Gasteiger partial charge in [-0.3, -0.25) is 4.79 Å². The van der Waals surface area contributed by atoms with Crippen LogP contribution < -0.4 is 20.1 Å². The summed E-state index contributed by atoms with van der Waals surface area (Å²) < 4.78 is 10.6. The number of carbonyl (C=O) groups excluding carboxylic acids is 1. The number of benzene rings is 2. The van der Waals surface area contributed by atoms with E-state index in [9.17, 15) is 4.79 Å². The number of amides is 1. The van der Waals surface area contributed by atoms with E-state index in [0.29, 0.717) is 29.6 Å². The maximum atomic E-state index is 12.4. The minimum Gasteiger partial charge on any atom is -0.496 e. The van der Waals surface area contributed by atoms with Crippen LogP contribution in [0.15, 0.2) is 60.7 Å².